The van der Waals surface area contributed by atoms with Crippen LogP contribution in [0.3, 0.4) is 0 Å². The summed E-state index contributed by atoms with van der Waals surface area (Å²) in [6.45, 7) is 7.31. The predicted molar refractivity (Wildman–Crippen MR) is 88.2 cm³/mol. The predicted octanol–water partition coefficient (Wildman–Crippen LogP) is 3.49. The fraction of sp³-hybridized carbons (Fsp3) is 0.667. The first-order valence-corrected chi connectivity index (χ1v) is 9.24. The molecule has 0 aromatic carbocycles. The number of thioether (sulfide) groups is 1. The zero-order valence-corrected chi connectivity index (χ0v) is 14.3. The number of nitrogens with zero attached hydrogens (tertiary/aromatic N) is 1. The molecule has 1 amide bonds. The molecule has 2 atom stereocenters. The van der Waals surface area contributed by atoms with E-state index in [1.54, 1.807) is 11.3 Å². The molecule has 1 aromatic rings. The Balaban J connectivity index is 2.21. The minimum absolute atomic E-state index is 0.0234. The highest BCUT2D eigenvalue weighted by molar-refractivity contribution is 7.99. The highest BCUT2D eigenvalue weighted by atomic mass is 32.2. The van der Waals surface area contributed by atoms with Gasteiger partial charge in [0.15, 0.2) is 0 Å². The number of rotatable bonds is 6. The Labute approximate surface area is 130 Å². The number of carbonyl (C=O) groups is 1. The van der Waals surface area contributed by atoms with E-state index in [-0.39, 0.29) is 22.9 Å². The molecule has 2 unspecified atom stereocenters. The summed E-state index contributed by atoms with van der Waals surface area (Å²) in [4.78, 5) is 15.9. The van der Waals surface area contributed by atoms with Crippen LogP contribution in [0.15, 0.2) is 17.5 Å². The number of amides is 1. The average molecular weight is 313 g/mol. The second-order valence-corrected chi connectivity index (χ2v) is 8.35. The van der Waals surface area contributed by atoms with Gasteiger partial charge in [-0.3, -0.25) is 10.1 Å². The highest BCUT2D eigenvalue weighted by Crippen LogP contribution is 2.33. The molecule has 2 rings (SSSR count). The summed E-state index contributed by atoms with van der Waals surface area (Å²) in [5, 5.41) is 5.59. The molecule has 1 saturated heterocycles. The summed E-state index contributed by atoms with van der Waals surface area (Å²) in [6, 6.07) is 4.14. The van der Waals surface area contributed by atoms with Crippen LogP contribution in [0.25, 0.3) is 0 Å². The quantitative estimate of drug-likeness (QED) is 0.872. The molecule has 1 aliphatic heterocycles. The first kappa shape index (κ1) is 15.9. The van der Waals surface area contributed by atoms with Crippen molar-refractivity contribution in [2.45, 2.75) is 50.6 Å². The van der Waals surface area contributed by atoms with Gasteiger partial charge in [-0.05, 0) is 38.0 Å². The molecule has 1 N–H and O–H groups in total. The number of nitrogens with one attached hydrogen (secondary N) is 1. The summed E-state index contributed by atoms with van der Waals surface area (Å²) in [5.41, 5.74) is 0. The molecular formula is C15H24N2OS2. The van der Waals surface area contributed by atoms with Gasteiger partial charge in [-0.25, -0.2) is 0 Å². The second kappa shape index (κ2) is 6.50. The lowest BCUT2D eigenvalue weighted by Gasteiger charge is -2.32. The van der Waals surface area contributed by atoms with Crippen molar-refractivity contribution in [2.75, 3.05) is 12.8 Å². The van der Waals surface area contributed by atoms with E-state index in [4.69, 9.17) is 0 Å². The van der Waals surface area contributed by atoms with Crippen LogP contribution in [-0.4, -0.2) is 34.4 Å². The van der Waals surface area contributed by atoms with Gasteiger partial charge >= 0.3 is 0 Å². The first-order chi connectivity index (χ1) is 9.48. The molecule has 1 aromatic heterocycles. The number of hydrogen-bond acceptors (Lipinski definition) is 4. The zero-order valence-electron chi connectivity index (χ0n) is 12.7. The molecule has 2 heterocycles. The summed E-state index contributed by atoms with van der Waals surface area (Å²) < 4.78 is 0.0773. The van der Waals surface area contributed by atoms with Gasteiger partial charge in [0.1, 0.15) is 6.17 Å². The Morgan fingerprint density at radius 2 is 2.25 bits per heavy atom. The fourth-order valence-corrected chi connectivity index (χ4v) is 3.57. The van der Waals surface area contributed by atoms with Crippen LogP contribution in [0.2, 0.25) is 0 Å². The van der Waals surface area contributed by atoms with Gasteiger partial charge < -0.3 is 4.90 Å². The molecule has 0 radical (unpaired) electrons. The maximum Gasteiger partial charge on any atom is 0.241 e. The van der Waals surface area contributed by atoms with E-state index >= 15 is 0 Å². The van der Waals surface area contributed by atoms with Crippen LogP contribution < -0.4 is 5.32 Å². The van der Waals surface area contributed by atoms with Crippen LogP contribution >= 0.6 is 23.1 Å². The topological polar surface area (TPSA) is 32.3 Å². The van der Waals surface area contributed by atoms with Crippen molar-refractivity contribution in [1.82, 2.24) is 10.2 Å². The molecule has 3 nitrogen and oxygen atoms in total. The SMILES string of the molecule is CCCC1NC(c2cccs2)N(CC(C)(C)SC)C1=O. The van der Waals surface area contributed by atoms with Crippen molar-refractivity contribution in [3.05, 3.63) is 22.4 Å². The summed E-state index contributed by atoms with van der Waals surface area (Å²) >= 11 is 3.53. The van der Waals surface area contributed by atoms with E-state index < -0.39 is 0 Å². The summed E-state index contributed by atoms with van der Waals surface area (Å²) in [5.74, 6) is 0.257. The summed E-state index contributed by atoms with van der Waals surface area (Å²) in [7, 11) is 0. The molecular weight excluding hydrogens is 288 g/mol. The van der Waals surface area contributed by atoms with Gasteiger partial charge in [-0.15, -0.1) is 11.3 Å². The lowest BCUT2D eigenvalue weighted by Crippen LogP contribution is -2.40. The third-order valence-corrected chi connectivity index (χ3v) is 5.90. The van der Waals surface area contributed by atoms with Crippen LogP contribution in [0.5, 0.6) is 0 Å². The van der Waals surface area contributed by atoms with Gasteiger partial charge in [0.05, 0.1) is 6.04 Å². The van der Waals surface area contributed by atoms with Gasteiger partial charge in [0, 0.05) is 16.2 Å². The lowest BCUT2D eigenvalue weighted by atomic mass is 10.1. The van der Waals surface area contributed by atoms with Crippen molar-refractivity contribution in [1.29, 1.82) is 0 Å². The van der Waals surface area contributed by atoms with E-state index in [9.17, 15) is 4.79 Å². The number of thiophene rings is 1. The maximum atomic E-state index is 12.7. The second-order valence-electron chi connectivity index (χ2n) is 5.86. The van der Waals surface area contributed by atoms with Crippen molar-refractivity contribution >= 4 is 29.0 Å². The molecule has 112 valence electrons. The Morgan fingerprint density at radius 1 is 1.50 bits per heavy atom. The number of carbonyl (C=O) groups excluding carboxylic acids is 1. The molecule has 1 aliphatic rings. The smallest absolute Gasteiger partial charge is 0.241 e. The minimum Gasteiger partial charge on any atom is -0.319 e. The van der Waals surface area contributed by atoms with E-state index in [1.165, 1.54) is 4.88 Å². The standard InChI is InChI=1S/C15H24N2OS2/c1-5-7-11-14(18)17(10-15(2,3)19-4)13(16-11)12-8-6-9-20-12/h6,8-9,11,13,16H,5,7,10H2,1-4H3. The van der Waals surface area contributed by atoms with Crippen LogP contribution in [0.4, 0.5) is 0 Å². The van der Waals surface area contributed by atoms with Gasteiger partial charge in [0.25, 0.3) is 0 Å². The van der Waals surface area contributed by atoms with E-state index in [0.717, 1.165) is 19.4 Å². The molecule has 0 aliphatic carbocycles. The van der Waals surface area contributed by atoms with E-state index in [2.05, 4.69) is 49.9 Å². The zero-order chi connectivity index (χ0) is 14.8. The largest absolute Gasteiger partial charge is 0.319 e. The Hall–Kier alpha value is -0.520. The van der Waals surface area contributed by atoms with E-state index in [0.29, 0.717) is 0 Å². The van der Waals surface area contributed by atoms with Crippen molar-refractivity contribution < 1.29 is 4.79 Å². The Morgan fingerprint density at radius 3 is 2.80 bits per heavy atom. The van der Waals surface area contributed by atoms with Crippen LogP contribution in [0.1, 0.15) is 44.7 Å². The Bertz CT molecular complexity index is 445. The maximum absolute atomic E-state index is 12.7. The fourth-order valence-electron chi connectivity index (χ4n) is 2.50. The van der Waals surface area contributed by atoms with Crippen LogP contribution in [0, 0.1) is 0 Å². The average Bonchev–Trinajstić information content (AvgIpc) is 3.02. The molecule has 1 fully saturated rings. The summed E-state index contributed by atoms with van der Waals surface area (Å²) in [6.07, 6.45) is 4.10. The minimum atomic E-state index is -0.0234. The normalized spacial score (nSPS) is 23.6. The van der Waals surface area contributed by atoms with Gasteiger partial charge in [-0.1, -0.05) is 19.4 Å². The number of hydrogen-bond donors (Lipinski definition) is 1. The molecule has 0 bridgehead atoms. The van der Waals surface area contributed by atoms with Gasteiger partial charge in [-0.2, -0.15) is 11.8 Å². The highest BCUT2D eigenvalue weighted by Gasteiger charge is 2.41. The van der Waals surface area contributed by atoms with E-state index in [1.807, 2.05) is 16.7 Å². The molecule has 0 saturated carbocycles. The van der Waals surface area contributed by atoms with Crippen molar-refractivity contribution in [3.63, 3.8) is 0 Å². The molecule has 20 heavy (non-hydrogen) atoms. The first-order valence-electron chi connectivity index (χ1n) is 7.13. The molecule has 0 spiro atoms. The lowest BCUT2D eigenvalue weighted by molar-refractivity contribution is -0.130. The van der Waals surface area contributed by atoms with Crippen LogP contribution in [-0.2, 0) is 4.79 Å². The molecule has 5 heteroatoms. The third-order valence-electron chi connectivity index (χ3n) is 3.75. The Kier molecular flexibility index (Phi) is 5.15. The van der Waals surface area contributed by atoms with Crippen molar-refractivity contribution in [2.24, 2.45) is 0 Å². The van der Waals surface area contributed by atoms with Crippen molar-refractivity contribution in [3.8, 4) is 0 Å². The van der Waals surface area contributed by atoms with Gasteiger partial charge in [0.2, 0.25) is 5.91 Å². The third kappa shape index (κ3) is 3.38. The monoisotopic (exact) mass is 312 g/mol.